The molecule has 3 rings (SSSR count). The molecule has 0 bridgehead atoms. The maximum absolute atomic E-state index is 11.9. The average Bonchev–Trinajstić information content (AvgIpc) is 3.03. The van der Waals surface area contributed by atoms with Gasteiger partial charge in [-0.05, 0) is 31.7 Å². The van der Waals surface area contributed by atoms with E-state index in [9.17, 15) is 9.59 Å². The summed E-state index contributed by atoms with van der Waals surface area (Å²) in [5.74, 6) is -1.07. The summed E-state index contributed by atoms with van der Waals surface area (Å²) in [6, 6.07) is 4.34. The second-order valence-electron chi connectivity index (χ2n) is 5.83. The number of hydrogen-bond acceptors (Lipinski definition) is 3. The number of carboxylic acids is 1. The minimum Gasteiger partial charge on any atom is -0.477 e. The number of aromatic carboxylic acids is 1. The van der Waals surface area contributed by atoms with Gasteiger partial charge >= 0.3 is 5.97 Å². The van der Waals surface area contributed by atoms with Gasteiger partial charge in [-0.25, -0.2) is 4.79 Å². The fourth-order valence-electron chi connectivity index (χ4n) is 3.51. The summed E-state index contributed by atoms with van der Waals surface area (Å²) in [6.07, 6.45) is 6.49. The Kier molecular flexibility index (Phi) is 3.38. The molecule has 1 atom stereocenters. The van der Waals surface area contributed by atoms with Gasteiger partial charge in [-0.1, -0.05) is 18.9 Å². The van der Waals surface area contributed by atoms with Crippen LogP contribution in [0.3, 0.4) is 0 Å². The summed E-state index contributed by atoms with van der Waals surface area (Å²) in [5, 5.41) is 9.17. The van der Waals surface area contributed by atoms with Crippen molar-refractivity contribution in [3.05, 3.63) is 34.2 Å². The zero-order valence-electron chi connectivity index (χ0n) is 11.4. The smallest absolute Gasteiger partial charge is 0.352 e. The summed E-state index contributed by atoms with van der Waals surface area (Å²) in [5.41, 5.74) is -0.235. The molecule has 1 aromatic rings. The normalized spacial score (nSPS) is 24.3. The van der Waals surface area contributed by atoms with Gasteiger partial charge in [0.05, 0.1) is 18.2 Å². The lowest BCUT2D eigenvalue weighted by molar-refractivity contribution is -0.0423. The van der Waals surface area contributed by atoms with Crippen molar-refractivity contribution in [2.24, 2.45) is 0 Å². The van der Waals surface area contributed by atoms with Crippen LogP contribution < -0.4 is 5.56 Å². The Hall–Kier alpha value is -1.62. The van der Waals surface area contributed by atoms with Crippen molar-refractivity contribution < 1.29 is 14.6 Å². The molecule has 1 N–H and O–H groups in total. The van der Waals surface area contributed by atoms with Crippen molar-refractivity contribution in [3.63, 3.8) is 0 Å². The standard InChI is InChI=1S/C15H19NO4/c17-13-5-3-4-12(14(18)19)16(13)10-11-6-9-15(20-11)7-1-2-8-15/h3-5,11H,1-2,6-10H2,(H,18,19). The number of pyridine rings is 1. The fourth-order valence-corrected chi connectivity index (χ4v) is 3.51. The quantitative estimate of drug-likeness (QED) is 0.918. The van der Waals surface area contributed by atoms with Gasteiger partial charge in [0.1, 0.15) is 5.69 Å². The summed E-state index contributed by atoms with van der Waals surface area (Å²) in [7, 11) is 0. The van der Waals surface area contributed by atoms with Crippen molar-refractivity contribution in [1.29, 1.82) is 0 Å². The molecule has 0 aromatic carbocycles. The van der Waals surface area contributed by atoms with Crippen LogP contribution in [0.25, 0.3) is 0 Å². The summed E-state index contributed by atoms with van der Waals surface area (Å²) >= 11 is 0. The van der Waals surface area contributed by atoms with E-state index in [1.807, 2.05) is 0 Å². The Morgan fingerprint density at radius 3 is 2.80 bits per heavy atom. The second-order valence-corrected chi connectivity index (χ2v) is 5.83. The van der Waals surface area contributed by atoms with Crippen LogP contribution in [0.15, 0.2) is 23.0 Å². The van der Waals surface area contributed by atoms with Crippen LogP contribution in [-0.2, 0) is 11.3 Å². The monoisotopic (exact) mass is 277 g/mol. The van der Waals surface area contributed by atoms with E-state index in [0.717, 1.165) is 25.7 Å². The average molecular weight is 277 g/mol. The molecule has 1 saturated carbocycles. The molecule has 1 saturated heterocycles. The van der Waals surface area contributed by atoms with E-state index in [1.54, 1.807) is 0 Å². The molecular weight excluding hydrogens is 258 g/mol. The maximum Gasteiger partial charge on any atom is 0.352 e. The van der Waals surface area contributed by atoms with Gasteiger partial charge in [0.2, 0.25) is 0 Å². The highest BCUT2D eigenvalue weighted by atomic mass is 16.5. The van der Waals surface area contributed by atoms with E-state index in [0.29, 0.717) is 6.54 Å². The first-order valence-electron chi connectivity index (χ1n) is 7.21. The van der Waals surface area contributed by atoms with Gasteiger partial charge in [0.15, 0.2) is 0 Å². The van der Waals surface area contributed by atoms with Crippen LogP contribution >= 0.6 is 0 Å². The summed E-state index contributed by atoms with van der Waals surface area (Å²) < 4.78 is 7.47. The Morgan fingerprint density at radius 2 is 2.10 bits per heavy atom. The van der Waals surface area contributed by atoms with E-state index in [-0.39, 0.29) is 23.0 Å². The number of hydrogen-bond donors (Lipinski definition) is 1. The molecule has 1 aliphatic carbocycles. The lowest BCUT2D eigenvalue weighted by Gasteiger charge is -2.24. The molecule has 1 aromatic heterocycles. The van der Waals surface area contributed by atoms with Crippen molar-refractivity contribution >= 4 is 5.97 Å². The minimum absolute atomic E-state index is 0.00639. The molecule has 1 aliphatic heterocycles. The number of ether oxygens (including phenoxy) is 1. The number of nitrogens with zero attached hydrogens (tertiary/aromatic N) is 1. The molecule has 2 aliphatic rings. The first-order valence-corrected chi connectivity index (χ1v) is 7.21. The SMILES string of the molecule is O=C(O)c1cccc(=O)n1CC1CCC2(CCCC2)O1. The largest absolute Gasteiger partial charge is 0.477 e. The predicted octanol–water partition coefficient (Wildman–Crippen LogP) is 2.04. The summed E-state index contributed by atoms with van der Waals surface area (Å²) in [6.45, 7) is 0.336. The number of carbonyl (C=O) groups is 1. The Labute approximate surface area is 117 Å². The van der Waals surface area contributed by atoms with E-state index in [1.165, 1.54) is 35.6 Å². The second kappa shape index (κ2) is 5.05. The highest BCUT2D eigenvalue weighted by molar-refractivity contribution is 5.85. The lowest BCUT2D eigenvalue weighted by atomic mass is 9.98. The van der Waals surface area contributed by atoms with Crippen LogP contribution in [-0.4, -0.2) is 27.3 Å². The summed E-state index contributed by atoms with van der Waals surface area (Å²) in [4.78, 5) is 23.1. The third-order valence-electron chi connectivity index (χ3n) is 4.51. The van der Waals surface area contributed by atoms with Gasteiger partial charge < -0.3 is 9.84 Å². The Balaban J connectivity index is 1.79. The van der Waals surface area contributed by atoms with Crippen molar-refractivity contribution in [3.8, 4) is 0 Å². The molecule has 20 heavy (non-hydrogen) atoms. The van der Waals surface area contributed by atoms with Crippen LogP contribution in [0.1, 0.15) is 49.0 Å². The third-order valence-corrected chi connectivity index (χ3v) is 4.51. The zero-order chi connectivity index (χ0) is 14.2. The molecule has 0 amide bonds. The van der Waals surface area contributed by atoms with Crippen molar-refractivity contribution in [2.45, 2.75) is 56.8 Å². The molecule has 5 nitrogen and oxygen atoms in total. The molecule has 1 spiro atoms. The molecule has 1 unspecified atom stereocenters. The van der Waals surface area contributed by atoms with Gasteiger partial charge in [0, 0.05) is 6.07 Å². The molecule has 2 fully saturated rings. The van der Waals surface area contributed by atoms with Gasteiger partial charge in [-0.2, -0.15) is 0 Å². The van der Waals surface area contributed by atoms with Crippen molar-refractivity contribution in [2.75, 3.05) is 0 Å². The predicted molar refractivity (Wildman–Crippen MR) is 73.0 cm³/mol. The first kappa shape index (κ1) is 13.4. The van der Waals surface area contributed by atoms with Crippen molar-refractivity contribution in [1.82, 2.24) is 4.57 Å². The van der Waals surface area contributed by atoms with E-state index in [4.69, 9.17) is 9.84 Å². The van der Waals surface area contributed by atoms with Gasteiger partial charge in [-0.3, -0.25) is 9.36 Å². The molecular formula is C15H19NO4. The number of aromatic nitrogens is 1. The number of rotatable bonds is 3. The molecule has 108 valence electrons. The van der Waals surface area contributed by atoms with Gasteiger partial charge in [-0.15, -0.1) is 0 Å². The highest BCUT2D eigenvalue weighted by Crippen LogP contribution is 2.43. The topological polar surface area (TPSA) is 68.5 Å². The van der Waals surface area contributed by atoms with E-state index < -0.39 is 5.97 Å². The third kappa shape index (κ3) is 2.38. The Bertz CT molecular complexity index is 571. The van der Waals surface area contributed by atoms with Crippen LogP contribution in [0.4, 0.5) is 0 Å². The van der Waals surface area contributed by atoms with Crippen LogP contribution in [0, 0.1) is 0 Å². The first-order chi connectivity index (χ1) is 9.60. The van der Waals surface area contributed by atoms with E-state index in [2.05, 4.69) is 0 Å². The van der Waals surface area contributed by atoms with E-state index >= 15 is 0 Å². The molecule has 0 radical (unpaired) electrons. The molecule has 5 heteroatoms. The van der Waals surface area contributed by atoms with Crippen LogP contribution in [0.2, 0.25) is 0 Å². The fraction of sp³-hybridized carbons (Fsp3) is 0.600. The van der Waals surface area contributed by atoms with Crippen LogP contribution in [0.5, 0.6) is 0 Å². The highest BCUT2D eigenvalue weighted by Gasteiger charge is 2.42. The maximum atomic E-state index is 11.9. The lowest BCUT2D eigenvalue weighted by Crippen LogP contribution is -2.32. The molecule has 2 heterocycles. The van der Waals surface area contributed by atoms with Gasteiger partial charge in [0.25, 0.3) is 5.56 Å². The number of carboxylic acid groups (broad SMARTS) is 1. The zero-order valence-corrected chi connectivity index (χ0v) is 11.4. The Morgan fingerprint density at radius 1 is 1.35 bits per heavy atom. The minimum atomic E-state index is -1.07.